The van der Waals surface area contributed by atoms with Crippen LogP contribution in [0.4, 0.5) is 5.69 Å². The van der Waals surface area contributed by atoms with Gasteiger partial charge in [0.15, 0.2) is 0 Å². The second-order valence-corrected chi connectivity index (χ2v) is 8.66. The lowest BCUT2D eigenvalue weighted by atomic mass is 10.0. The molecule has 0 radical (unpaired) electrons. The van der Waals surface area contributed by atoms with E-state index in [-0.39, 0.29) is 17.2 Å². The van der Waals surface area contributed by atoms with Crippen LogP contribution in [0.5, 0.6) is 0 Å². The highest BCUT2D eigenvalue weighted by atomic mass is 32.2. The van der Waals surface area contributed by atoms with Crippen LogP contribution in [0.25, 0.3) is 0 Å². The number of para-hydroxylation sites is 1. The number of nitrogens with zero attached hydrogens (tertiary/aromatic N) is 1. The number of sulfonamides is 1. The Balaban J connectivity index is 2.18. The summed E-state index contributed by atoms with van der Waals surface area (Å²) >= 11 is 0. The lowest BCUT2D eigenvalue weighted by molar-refractivity contribution is -0.136. The van der Waals surface area contributed by atoms with Gasteiger partial charge in [-0.05, 0) is 30.5 Å². The van der Waals surface area contributed by atoms with Gasteiger partial charge >= 0.3 is 11.8 Å². The van der Waals surface area contributed by atoms with Gasteiger partial charge in [-0.3, -0.25) is 9.59 Å². The van der Waals surface area contributed by atoms with Crippen molar-refractivity contribution < 1.29 is 23.1 Å². The molecule has 0 saturated heterocycles. The highest BCUT2D eigenvalue weighted by Gasteiger charge is 2.25. The molecule has 0 aromatic heterocycles. The van der Waals surface area contributed by atoms with Gasteiger partial charge in [-0.25, -0.2) is 12.7 Å². The van der Waals surface area contributed by atoms with Crippen LogP contribution in [0.2, 0.25) is 0 Å². The molecule has 0 aliphatic heterocycles. The first-order valence-corrected chi connectivity index (χ1v) is 10.5. The van der Waals surface area contributed by atoms with Crippen molar-refractivity contribution in [3.8, 4) is 0 Å². The summed E-state index contributed by atoms with van der Waals surface area (Å²) in [5.74, 6) is -1.87. The number of amides is 2. The van der Waals surface area contributed by atoms with Gasteiger partial charge in [0.1, 0.15) is 4.90 Å². The molecule has 1 unspecified atom stereocenters. The zero-order valence-electron chi connectivity index (χ0n) is 16.3. The average molecular weight is 420 g/mol. The summed E-state index contributed by atoms with van der Waals surface area (Å²) in [6.45, 7) is -0.0405. The fourth-order valence-corrected chi connectivity index (χ4v) is 3.74. The predicted octanol–water partition coefficient (Wildman–Crippen LogP) is 1.51. The van der Waals surface area contributed by atoms with Gasteiger partial charge in [0.2, 0.25) is 10.0 Å². The molecular weight excluding hydrogens is 394 g/mol. The van der Waals surface area contributed by atoms with Crippen molar-refractivity contribution in [2.75, 3.05) is 26.0 Å². The van der Waals surface area contributed by atoms with Gasteiger partial charge in [0.25, 0.3) is 0 Å². The molecule has 8 nitrogen and oxygen atoms in total. The first-order chi connectivity index (χ1) is 13.8. The zero-order chi connectivity index (χ0) is 21.4. The number of benzene rings is 2. The Hall–Kier alpha value is -2.75. The highest BCUT2D eigenvalue weighted by molar-refractivity contribution is 7.89. The van der Waals surface area contributed by atoms with E-state index < -0.39 is 27.9 Å². The number of carbonyl (C=O) groups is 2. The summed E-state index contributed by atoms with van der Waals surface area (Å²) in [5, 5.41) is 14.1. The van der Waals surface area contributed by atoms with Crippen LogP contribution >= 0.6 is 0 Å². The number of rotatable bonds is 8. The van der Waals surface area contributed by atoms with Crippen molar-refractivity contribution in [3.63, 3.8) is 0 Å². The average Bonchev–Trinajstić information content (AvgIpc) is 2.71. The number of hydrogen-bond acceptors (Lipinski definition) is 5. The van der Waals surface area contributed by atoms with Gasteiger partial charge in [-0.15, -0.1) is 0 Å². The third kappa shape index (κ3) is 5.86. The van der Waals surface area contributed by atoms with Crippen LogP contribution in [-0.2, 0) is 19.6 Å². The fourth-order valence-electron chi connectivity index (χ4n) is 2.70. The number of nitrogens with one attached hydrogen (secondary N) is 2. The van der Waals surface area contributed by atoms with Crippen molar-refractivity contribution in [1.82, 2.24) is 9.62 Å². The van der Waals surface area contributed by atoms with E-state index in [1.54, 1.807) is 6.07 Å². The Morgan fingerprint density at radius 1 is 1.00 bits per heavy atom. The first-order valence-electron chi connectivity index (χ1n) is 9.06. The molecule has 2 rings (SSSR count). The molecule has 2 aromatic carbocycles. The molecule has 0 heterocycles. The van der Waals surface area contributed by atoms with Crippen LogP contribution in [0.15, 0.2) is 59.5 Å². The molecule has 0 fully saturated rings. The summed E-state index contributed by atoms with van der Waals surface area (Å²) in [5.41, 5.74) is 0.825. The summed E-state index contributed by atoms with van der Waals surface area (Å²) in [6.07, 6.45) is 0.899. The topological polar surface area (TPSA) is 116 Å². The summed E-state index contributed by atoms with van der Waals surface area (Å²) in [6, 6.07) is 14.5. The SMILES string of the molecule is CN(C)S(=O)(=O)c1ccccc1NC(=O)C(=O)NC(CCCO)c1ccccc1. The number of hydrogen-bond donors (Lipinski definition) is 3. The minimum absolute atomic E-state index is 0.0213. The van der Waals surface area contributed by atoms with E-state index in [1.807, 2.05) is 30.3 Å². The van der Waals surface area contributed by atoms with Crippen LogP contribution in [0.3, 0.4) is 0 Å². The Kier molecular flexibility index (Phi) is 7.89. The maximum atomic E-state index is 12.4. The molecule has 0 aliphatic rings. The lowest BCUT2D eigenvalue weighted by Gasteiger charge is -2.19. The van der Waals surface area contributed by atoms with Crippen molar-refractivity contribution in [2.24, 2.45) is 0 Å². The lowest BCUT2D eigenvalue weighted by Crippen LogP contribution is -2.38. The van der Waals surface area contributed by atoms with Crippen molar-refractivity contribution in [3.05, 3.63) is 60.2 Å². The van der Waals surface area contributed by atoms with Gasteiger partial charge in [-0.2, -0.15) is 0 Å². The van der Waals surface area contributed by atoms with E-state index in [0.29, 0.717) is 12.8 Å². The van der Waals surface area contributed by atoms with E-state index >= 15 is 0 Å². The first kappa shape index (κ1) is 22.5. The minimum atomic E-state index is -3.80. The Morgan fingerprint density at radius 2 is 1.62 bits per heavy atom. The molecule has 0 spiro atoms. The molecular formula is C20H25N3O5S. The Morgan fingerprint density at radius 3 is 2.24 bits per heavy atom. The maximum absolute atomic E-state index is 12.4. The molecule has 0 aliphatic carbocycles. The maximum Gasteiger partial charge on any atom is 0.313 e. The molecule has 2 aromatic rings. The zero-order valence-corrected chi connectivity index (χ0v) is 17.1. The summed E-state index contributed by atoms with van der Waals surface area (Å²) < 4.78 is 25.9. The molecule has 3 N–H and O–H groups in total. The van der Waals surface area contributed by atoms with Gasteiger partial charge in [0, 0.05) is 20.7 Å². The molecule has 156 valence electrons. The van der Waals surface area contributed by atoms with Crippen molar-refractivity contribution in [2.45, 2.75) is 23.8 Å². The Bertz CT molecular complexity index is 946. The molecule has 9 heteroatoms. The standard InChI is InChI=1S/C20H25N3O5S/c1-23(2)29(27,28)18-13-7-6-11-17(18)22-20(26)19(25)21-16(12-8-14-24)15-9-4-3-5-10-15/h3-7,9-11,13,16,24H,8,12,14H2,1-2H3,(H,21,25)(H,22,26). The molecule has 0 saturated carbocycles. The largest absolute Gasteiger partial charge is 0.396 e. The van der Waals surface area contributed by atoms with Crippen molar-refractivity contribution >= 4 is 27.5 Å². The minimum Gasteiger partial charge on any atom is -0.396 e. The normalized spacial score (nSPS) is 12.4. The monoisotopic (exact) mass is 419 g/mol. The number of aliphatic hydroxyl groups is 1. The second kappa shape index (κ2) is 10.1. The third-order valence-corrected chi connectivity index (χ3v) is 6.13. The van der Waals surface area contributed by atoms with Crippen LogP contribution < -0.4 is 10.6 Å². The van der Waals surface area contributed by atoms with Gasteiger partial charge < -0.3 is 15.7 Å². The van der Waals surface area contributed by atoms with Crippen LogP contribution in [-0.4, -0.2) is 50.3 Å². The quantitative estimate of drug-likeness (QED) is 0.561. The van der Waals surface area contributed by atoms with Crippen LogP contribution in [0.1, 0.15) is 24.4 Å². The molecule has 1 atom stereocenters. The Labute approximate surface area is 170 Å². The van der Waals surface area contributed by atoms with E-state index in [1.165, 1.54) is 32.3 Å². The number of anilines is 1. The fraction of sp³-hybridized carbons (Fsp3) is 0.300. The van der Waals surface area contributed by atoms with E-state index in [9.17, 15) is 18.0 Å². The van der Waals surface area contributed by atoms with Crippen molar-refractivity contribution in [1.29, 1.82) is 0 Å². The molecule has 2 amide bonds. The number of aliphatic hydroxyl groups excluding tert-OH is 1. The van der Waals surface area contributed by atoms with E-state index in [2.05, 4.69) is 10.6 Å². The highest BCUT2D eigenvalue weighted by Crippen LogP contribution is 2.23. The van der Waals surface area contributed by atoms with E-state index in [0.717, 1.165) is 9.87 Å². The van der Waals surface area contributed by atoms with Gasteiger partial charge in [0.05, 0.1) is 11.7 Å². The summed E-state index contributed by atoms with van der Waals surface area (Å²) in [7, 11) is -1.04. The molecule has 0 bridgehead atoms. The molecule has 29 heavy (non-hydrogen) atoms. The summed E-state index contributed by atoms with van der Waals surface area (Å²) in [4.78, 5) is 24.8. The third-order valence-electron chi connectivity index (χ3n) is 4.26. The number of carbonyl (C=O) groups excluding carboxylic acids is 2. The smallest absolute Gasteiger partial charge is 0.313 e. The second-order valence-electron chi connectivity index (χ2n) is 6.54. The van der Waals surface area contributed by atoms with Gasteiger partial charge in [-0.1, -0.05) is 42.5 Å². The predicted molar refractivity (Wildman–Crippen MR) is 110 cm³/mol. The van der Waals surface area contributed by atoms with Crippen LogP contribution in [0, 0.1) is 0 Å². The van der Waals surface area contributed by atoms with E-state index in [4.69, 9.17) is 5.11 Å².